The fraction of sp³-hybridized carbons (Fsp3) is 0.650. The molecule has 0 spiro atoms. The predicted octanol–water partition coefficient (Wildman–Crippen LogP) is 11.6. The van der Waals surface area contributed by atoms with Gasteiger partial charge in [0.25, 0.3) is 0 Å². The summed E-state index contributed by atoms with van der Waals surface area (Å²) in [6.07, 6.45) is 10.3. The Bertz CT molecular complexity index is 1100. The van der Waals surface area contributed by atoms with E-state index in [-0.39, 0.29) is 29.3 Å². The average Bonchev–Trinajstić information content (AvgIpc) is 3.01. The zero-order valence-electron chi connectivity index (χ0n) is 31.9. The van der Waals surface area contributed by atoms with E-state index >= 15 is 0 Å². The number of hydrogen-bond acceptors (Lipinski definition) is 4. The zero-order valence-corrected chi connectivity index (χ0v) is 33.9. The van der Waals surface area contributed by atoms with E-state index in [0.29, 0.717) is 13.0 Å². The van der Waals surface area contributed by atoms with Gasteiger partial charge >= 0.3 is 0 Å². The Kier molecular flexibility index (Phi) is 18.5. The molecular weight excluding hydrogens is 601 g/mol. The average molecular weight is 671 g/mol. The van der Waals surface area contributed by atoms with E-state index in [1.54, 1.807) is 6.08 Å². The molecule has 0 heterocycles. The molecule has 0 aromatic heterocycles. The molecule has 1 aromatic rings. The predicted molar refractivity (Wildman–Crippen MR) is 205 cm³/mol. The summed E-state index contributed by atoms with van der Waals surface area (Å²) in [6, 6.07) is 13.7. The molecule has 0 aliphatic carbocycles. The lowest BCUT2D eigenvalue weighted by Crippen LogP contribution is -2.47. The molecule has 46 heavy (non-hydrogen) atoms. The van der Waals surface area contributed by atoms with Gasteiger partial charge in [0.1, 0.15) is 0 Å². The fourth-order valence-electron chi connectivity index (χ4n) is 5.60. The molecule has 0 bridgehead atoms. The van der Waals surface area contributed by atoms with Gasteiger partial charge < -0.3 is 18.7 Å². The molecule has 0 unspecified atom stereocenters. The molecule has 0 aliphatic heterocycles. The van der Waals surface area contributed by atoms with Crippen LogP contribution < -0.4 is 0 Å². The summed E-state index contributed by atoms with van der Waals surface area (Å²) in [6.45, 7) is 33.6. The Morgan fingerprint density at radius 1 is 0.913 bits per heavy atom. The van der Waals surface area contributed by atoms with Crippen LogP contribution in [0.5, 0.6) is 0 Å². The number of hydrogen-bond donors (Lipinski definition) is 1. The quantitative estimate of drug-likeness (QED) is 0.0803. The summed E-state index contributed by atoms with van der Waals surface area (Å²) in [5.41, 5.74) is 4.62. The number of rotatable bonds is 21. The van der Waals surface area contributed by atoms with Crippen LogP contribution in [0.15, 0.2) is 77.9 Å². The summed E-state index contributed by atoms with van der Waals surface area (Å²) in [4.78, 5) is 0. The standard InChI is InChI=1S/C40H70O4Si2/c1-15-23-37(41)32(7)29-36(16-2)39(44-46(17-3,18-4)19-5)33(8)28-31(6)26-27-38(43-45(13,14)40(10,11)12)34(9)42-30-35-24-21-20-22-25-35/h15,20-22,24-26,28-29,34,36-39,41H,1,16-19,23,27,30H2,2-14H3/b31-26+,32-29+,33-28+/t34-,36-,37-,38-,39-/m0/s1. The van der Waals surface area contributed by atoms with Gasteiger partial charge in [-0.15, -0.1) is 6.58 Å². The third-order valence-corrected chi connectivity index (χ3v) is 19.4. The second-order valence-electron chi connectivity index (χ2n) is 14.8. The Hall–Kier alpha value is -1.55. The molecule has 0 saturated carbocycles. The molecule has 4 nitrogen and oxygen atoms in total. The van der Waals surface area contributed by atoms with E-state index in [0.717, 1.165) is 36.5 Å². The smallest absolute Gasteiger partial charge is 0.192 e. The minimum Gasteiger partial charge on any atom is -0.411 e. The van der Waals surface area contributed by atoms with Gasteiger partial charge in [-0.25, -0.2) is 0 Å². The highest BCUT2D eigenvalue weighted by molar-refractivity contribution is 6.74. The van der Waals surface area contributed by atoms with Crippen LogP contribution in [-0.2, 0) is 20.2 Å². The second-order valence-corrected chi connectivity index (χ2v) is 24.3. The van der Waals surface area contributed by atoms with Crippen molar-refractivity contribution in [1.29, 1.82) is 0 Å². The molecule has 0 radical (unpaired) electrons. The van der Waals surface area contributed by atoms with Crippen molar-refractivity contribution in [1.82, 2.24) is 0 Å². The molecule has 1 rings (SSSR count). The first-order valence-electron chi connectivity index (χ1n) is 17.8. The Labute approximate surface area is 286 Å². The first-order valence-corrected chi connectivity index (χ1v) is 23.3. The Morgan fingerprint density at radius 3 is 2.00 bits per heavy atom. The van der Waals surface area contributed by atoms with Crippen LogP contribution in [-0.4, -0.2) is 46.2 Å². The largest absolute Gasteiger partial charge is 0.411 e. The molecule has 6 heteroatoms. The van der Waals surface area contributed by atoms with Gasteiger partial charge in [-0.05, 0) is 99.9 Å². The summed E-state index contributed by atoms with van der Waals surface area (Å²) < 4.78 is 20.7. The number of aliphatic hydroxyl groups excluding tert-OH is 1. The molecule has 1 aromatic carbocycles. The number of aliphatic hydroxyl groups is 1. The molecule has 1 N–H and O–H groups in total. The summed E-state index contributed by atoms with van der Waals surface area (Å²) in [5, 5.41) is 10.8. The number of ether oxygens (including phenoxy) is 1. The summed E-state index contributed by atoms with van der Waals surface area (Å²) >= 11 is 0. The van der Waals surface area contributed by atoms with E-state index < -0.39 is 22.7 Å². The minimum atomic E-state index is -2.02. The monoisotopic (exact) mass is 670 g/mol. The Balaban J connectivity index is 3.43. The van der Waals surface area contributed by atoms with Crippen LogP contribution in [0.4, 0.5) is 0 Å². The van der Waals surface area contributed by atoms with Gasteiger partial charge in [-0.2, -0.15) is 0 Å². The summed E-state index contributed by atoms with van der Waals surface area (Å²) in [7, 11) is -3.92. The van der Waals surface area contributed by atoms with E-state index in [2.05, 4.69) is 131 Å². The number of allylic oxidation sites excluding steroid dienone is 2. The van der Waals surface area contributed by atoms with Gasteiger partial charge in [0.2, 0.25) is 0 Å². The van der Waals surface area contributed by atoms with Crippen molar-refractivity contribution in [2.45, 2.75) is 163 Å². The molecule has 262 valence electrons. The first kappa shape index (κ1) is 42.5. The van der Waals surface area contributed by atoms with Crippen molar-refractivity contribution in [2.24, 2.45) is 5.92 Å². The molecule has 0 saturated heterocycles. The Morgan fingerprint density at radius 2 is 1.50 bits per heavy atom. The molecule has 0 amide bonds. The zero-order chi connectivity index (χ0) is 35.1. The molecular formula is C40H70O4Si2. The maximum absolute atomic E-state index is 10.7. The molecule has 0 fully saturated rings. The highest BCUT2D eigenvalue weighted by Gasteiger charge is 2.40. The van der Waals surface area contributed by atoms with Crippen LogP contribution in [0.25, 0.3) is 0 Å². The van der Waals surface area contributed by atoms with Crippen molar-refractivity contribution >= 4 is 16.6 Å². The van der Waals surface area contributed by atoms with Crippen LogP contribution in [0, 0.1) is 5.92 Å². The minimum absolute atomic E-state index is 0.0295. The van der Waals surface area contributed by atoms with Crippen LogP contribution >= 0.6 is 0 Å². The van der Waals surface area contributed by atoms with Crippen molar-refractivity contribution < 1.29 is 18.7 Å². The third kappa shape index (κ3) is 13.5. The lowest BCUT2D eigenvalue weighted by atomic mass is 9.90. The van der Waals surface area contributed by atoms with Crippen LogP contribution in [0.3, 0.4) is 0 Å². The van der Waals surface area contributed by atoms with E-state index in [4.69, 9.17) is 13.6 Å². The maximum atomic E-state index is 10.7. The lowest BCUT2D eigenvalue weighted by molar-refractivity contribution is -0.0277. The topological polar surface area (TPSA) is 47.9 Å². The van der Waals surface area contributed by atoms with Gasteiger partial charge in [0.05, 0.1) is 31.0 Å². The third-order valence-electron chi connectivity index (χ3n) is 10.3. The van der Waals surface area contributed by atoms with Crippen LogP contribution in [0.2, 0.25) is 36.3 Å². The highest BCUT2D eigenvalue weighted by atomic mass is 28.4. The van der Waals surface area contributed by atoms with Crippen molar-refractivity contribution in [2.75, 3.05) is 0 Å². The fourth-order valence-corrected chi connectivity index (χ4v) is 9.90. The second kappa shape index (κ2) is 20.1. The maximum Gasteiger partial charge on any atom is 0.192 e. The van der Waals surface area contributed by atoms with Gasteiger partial charge in [-0.1, -0.05) is 109 Å². The van der Waals surface area contributed by atoms with Gasteiger partial charge in [0.15, 0.2) is 16.6 Å². The van der Waals surface area contributed by atoms with Gasteiger partial charge in [-0.3, -0.25) is 0 Å². The van der Waals surface area contributed by atoms with Crippen molar-refractivity contribution in [3.63, 3.8) is 0 Å². The van der Waals surface area contributed by atoms with Crippen LogP contribution in [0.1, 0.15) is 101 Å². The number of benzene rings is 1. The molecule has 0 aliphatic rings. The van der Waals surface area contributed by atoms with Crippen molar-refractivity contribution in [3.05, 3.63) is 83.5 Å². The normalized spacial score (nSPS) is 17.4. The van der Waals surface area contributed by atoms with E-state index in [9.17, 15) is 5.11 Å². The lowest BCUT2D eigenvalue weighted by Gasteiger charge is -2.40. The summed E-state index contributed by atoms with van der Waals surface area (Å²) in [5.74, 6) is 0.182. The highest BCUT2D eigenvalue weighted by Crippen LogP contribution is 2.38. The van der Waals surface area contributed by atoms with Gasteiger partial charge in [0, 0.05) is 5.92 Å². The van der Waals surface area contributed by atoms with E-state index in [1.165, 1.54) is 16.7 Å². The first-order chi connectivity index (χ1) is 21.5. The SMILES string of the molecule is C=CC[C@H](O)/C(C)=C/[C@H](CC)[C@@H](O[Si](CC)(CC)CC)/C(C)=C/C(C)=C/C[C@H](O[Si](C)(C)C(C)(C)C)[C@H](C)OCc1ccccc1. The van der Waals surface area contributed by atoms with E-state index in [1.807, 2.05) is 13.0 Å². The molecule has 5 atom stereocenters. The van der Waals surface area contributed by atoms with Crippen molar-refractivity contribution in [3.8, 4) is 0 Å².